The molecule has 0 aliphatic carbocycles. The zero-order valence-electron chi connectivity index (χ0n) is 6.63. The number of rotatable bonds is 1. The van der Waals surface area contributed by atoms with Crippen molar-refractivity contribution in [2.45, 2.75) is 6.36 Å². The molecule has 8 heteroatoms. The van der Waals surface area contributed by atoms with Crippen LogP contribution in [0.15, 0.2) is 15.0 Å². The van der Waals surface area contributed by atoms with Crippen molar-refractivity contribution in [2.24, 2.45) is 0 Å². The fraction of sp³-hybridized carbons (Fsp3) is 0.143. The second-order valence-corrected chi connectivity index (χ2v) is 3.93. The van der Waals surface area contributed by atoms with Crippen LogP contribution in [-0.4, -0.2) is 6.36 Å². The maximum Gasteiger partial charge on any atom is 0.573 e. The van der Waals surface area contributed by atoms with Crippen molar-refractivity contribution >= 4 is 31.9 Å². The summed E-state index contributed by atoms with van der Waals surface area (Å²) in [5.74, 6) is -3.36. The summed E-state index contributed by atoms with van der Waals surface area (Å²) in [4.78, 5) is 0. The van der Waals surface area contributed by atoms with E-state index in [2.05, 4.69) is 36.6 Å². The van der Waals surface area contributed by atoms with E-state index in [0.29, 0.717) is 6.07 Å². The summed E-state index contributed by atoms with van der Waals surface area (Å²) >= 11 is 5.05. The van der Waals surface area contributed by atoms with Crippen LogP contribution in [0.5, 0.6) is 5.75 Å². The van der Waals surface area contributed by atoms with Crippen molar-refractivity contribution in [3.8, 4) is 5.75 Å². The molecule has 0 bridgehead atoms. The molecule has 0 N–H and O–H groups in total. The second kappa shape index (κ2) is 4.25. The van der Waals surface area contributed by atoms with Crippen LogP contribution < -0.4 is 4.74 Å². The fourth-order valence-electron chi connectivity index (χ4n) is 0.750. The first kappa shape index (κ1) is 12.7. The van der Waals surface area contributed by atoms with Gasteiger partial charge >= 0.3 is 6.36 Å². The number of hydrogen-bond donors (Lipinski definition) is 0. The molecule has 1 nitrogen and oxygen atoms in total. The van der Waals surface area contributed by atoms with Crippen molar-refractivity contribution in [3.05, 3.63) is 26.6 Å². The van der Waals surface area contributed by atoms with E-state index in [0.717, 1.165) is 0 Å². The molecule has 0 saturated carbocycles. The van der Waals surface area contributed by atoms with Crippen molar-refractivity contribution in [1.82, 2.24) is 0 Å². The molecule has 84 valence electrons. The Morgan fingerprint density at radius 3 is 2.07 bits per heavy atom. The molecule has 0 saturated heterocycles. The Kier molecular flexibility index (Phi) is 3.59. The first-order valence-electron chi connectivity index (χ1n) is 3.31. The molecule has 0 amide bonds. The topological polar surface area (TPSA) is 9.23 Å². The van der Waals surface area contributed by atoms with Gasteiger partial charge in [0.15, 0.2) is 5.82 Å². The summed E-state index contributed by atoms with van der Waals surface area (Å²) < 4.78 is 63.5. The third-order valence-electron chi connectivity index (χ3n) is 1.29. The average molecular weight is 356 g/mol. The quantitative estimate of drug-likeness (QED) is 0.412. The highest BCUT2D eigenvalue weighted by Crippen LogP contribution is 2.37. The van der Waals surface area contributed by atoms with Crippen LogP contribution in [-0.2, 0) is 0 Å². The monoisotopic (exact) mass is 354 g/mol. The minimum Gasteiger partial charge on any atom is -0.404 e. The van der Waals surface area contributed by atoms with Crippen LogP contribution >= 0.6 is 31.9 Å². The Balaban J connectivity index is 3.21. The molecule has 0 aromatic heterocycles. The summed E-state index contributed by atoms with van der Waals surface area (Å²) in [5.41, 5.74) is 0. The van der Waals surface area contributed by atoms with Crippen LogP contribution in [0.1, 0.15) is 0 Å². The van der Waals surface area contributed by atoms with Gasteiger partial charge in [0.1, 0.15) is 11.6 Å². The molecule has 1 rings (SSSR count). The summed E-state index contributed by atoms with van der Waals surface area (Å²) in [6.07, 6.45) is -5.00. The maximum atomic E-state index is 13.0. The lowest BCUT2D eigenvalue weighted by Gasteiger charge is -2.11. The summed E-state index contributed by atoms with van der Waals surface area (Å²) in [5, 5.41) is 0. The standard InChI is InChI=1S/C7HBr2F5O/c8-4-2(10)1-3(5(9)6(4)11)15-7(12,13)14/h1H. The van der Waals surface area contributed by atoms with Crippen molar-refractivity contribution in [3.63, 3.8) is 0 Å². The second-order valence-electron chi connectivity index (χ2n) is 2.35. The normalized spacial score (nSPS) is 11.7. The number of halogens is 7. The number of ether oxygens (including phenoxy) is 1. The fourth-order valence-corrected chi connectivity index (χ4v) is 1.72. The van der Waals surface area contributed by atoms with Gasteiger partial charge in [-0.1, -0.05) is 0 Å². The lowest BCUT2D eigenvalue weighted by atomic mass is 10.3. The lowest BCUT2D eigenvalue weighted by Crippen LogP contribution is -2.17. The van der Waals surface area contributed by atoms with E-state index in [1.165, 1.54) is 0 Å². The minimum atomic E-state index is -5.00. The van der Waals surface area contributed by atoms with Gasteiger partial charge in [0.2, 0.25) is 0 Å². The zero-order valence-corrected chi connectivity index (χ0v) is 9.80. The van der Waals surface area contributed by atoms with E-state index in [9.17, 15) is 22.0 Å². The highest BCUT2D eigenvalue weighted by Gasteiger charge is 2.33. The predicted octanol–water partition coefficient (Wildman–Crippen LogP) is 4.39. The lowest BCUT2D eigenvalue weighted by molar-refractivity contribution is -0.275. The Morgan fingerprint density at radius 1 is 1.07 bits per heavy atom. The molecule has 0 heterocycles. The van der Waals surface area contributed by atoms with Gasteiger partial charge in [-0.2, -0.15) is 0 Å². The highest BCUT2D eigenvalue weighted by atomic mass is 79.9. The van der Waals surface area contributed by atoms with Gasteiger partial charge in [-0.05, 0) is 31.9 Å². The zero-order chi connectivity index (χ0) is 11.8. The molecule has 0 spiro atoms. The Hall–Kier alpha value is -0.370. The van der Waals surface area contributed by atoms with Crippen LogP contribution in [0.3, 0.4) is 0 Å². The van der Waals surface area contributed by atoms with Gasteiger partial charge in [0.05, 0.1) is 8.95 Å². The van der Waals surface area contributed by atoms with Crippen molar-refractivity contribution in [1.29, 1.82) is 0 Å². The van der Waals surface area contributed by atoms with Crippen LogP contribution in [0.2, 0.25) is 0 Å². The molecule has 15 heavy (non-hydrogen) atoms. The van der Waals surface area contributed by atoms with Crippen molar-refractivity contribution < 1.29 is 26.7 Å². The summed E-state index contributed by atoms with van der Waals surface area (Å²) in [6.45, 7) is 0. The van der Waals surface area contributed by atoms with E-state index in [1.54, 1.807) is 0 Å². The SMILES string of the molecule is Fc1cc(OC(F)(F)F)c(Br)c(F)c1Br. The van der Waals surface area contributed by atoms with Crippen LogP contribution in [0.25, 0.3) is 0 Å². The maximum absolute atomic E-state index is 13.0. The van der Waals surface area contributed by atoms with Gasteiger partial charge in [-0.25, -0.2) is 8.78 Å². The van der Waals surface area contributed by atoms with Gasteiger partial charge in [-0.15, -0.1) is 13.2 Å². The van der Waals surface area contributed by atoms with Gasteiger partial charge in [-0.3, -0.25) is 0 Å². The Bertz CT molecular complexity index is 390. The van der Waals surface area contributed by atoms with E-state index in [-0.39, 0.29) is 0 Å². The molecule has 0 aliphatic heterocycles. The average Bonchev–Trinajstić information content (AvgIpc) is 2.08. The van der Waals surface area contributed by atoms with Gasteiger partial charge in [0, 0.05) is 6.07 Å². The Morgan fingerprint density at radius 2 is 1.60 bits per heavy atom. The molecule has 0 aliphatic rings. The molecule has 1 aromatic carbocycles. The number of benzene rings is 1. The summed E-state index contributed by atoms with van der Waals surface area (Å²) in [7, 11) is 0. The van der Waals surface area contributed by atoms with E-state index in [4.69, 9.17) is 0 Å². The first-order chi connectivity index (χ1) is 6.72. The molecular weight excluding hydrogens is 355 g/mol. The van der Waals surface area contributed by atoms with E-state index >= 15 is 0 Å². The number of alkyl halides is 3. The summed E-state index contributed by atoms with van der Waals surface area (Å²) in [6, 6.07) is 0.421. The van der Waals surface area contributed by atoms with Gasteiger partial charge in [0.25, 0.3) is 0 Å². The Labute approximate surface area is 97.5 Å². The third kappa shape index (κ3) is 3.04. The predicted molar refractivity (Wildman–Crippen MR) is 48.4 cm³/mol. The third-order valence-corrected chi connectivity index (χ3v) is 2.76. The van der Waals surface area contributed by atoms with Crippen LogP contribution in [0, 0.1) is 11.6 Å². The largest absolute Gasteiger partial charge is 0.573 e. The minimum absolute atomic E-state index is 0.421. The van der Waals surface area contributed by atoms with E-state index in [1.807, 2.05) is 0 Å². The smallest absolute Gasteiger partial charge is 0.404 e. The van der Waals surface area contributed by atoms with E-state index < -0.39 is 32.7 Å². The number of hydrogen-bond acceptors (Lipinski definition) is 1. The highest BCUT2D eigenvalue weighted by molar-refractivity contribution is 9.11. The van der Waals surface area contributed by atoms with Crippen LogP contribution in [0.4, 0.5) is 22.0 Å². The molecule has 1 aromatic rings. The molecular formula is C7HBr2F5O. The van der Waals surface area contributed by atoms with Crippen molar-refractivity contribution in [2.75, 3.05) is 0 Å². The molecule has 0 atom stereocenters. The molecule has 0 radical (unpaired) electrons. The van der Waals surface area contributed by atoms with Gasteiger partial charge < -0.3 is 4.74 Å². The molecule has 0 fully saturated rings. The first-order valence-corrected chi connectivity index (χ1v) is 4.89. The molecule has 0 unspecified atom stereocenters.